The second-order valence-electron chi connectivity index (χ2n) is 3.17. The minimum Gasteiger partial charge on any atom is -0.481 e. The normalized spacial score (nSPS) is 12.1. The summed E-state index contributed by atoms with van der Waals surface area (Å²) < 4.78 is 0. The van der Waals surface area contributed by atoms with Crippen molar-refractivity contribution < 1.29 is 14.7 Å². The molecule has 1 rings (SSSR count). The summed E-state index contributed by atoms with van der Waals surface area (Å²) >= 11 is 0. The zero-order chi connectivity index (χ0) is 10.6. The third kappa shape index (κ3) is 2.69. The number of carbonyl (C=O) groups excluding carboxylic acids is 1. The number of rotatable bonds is 4. The SMILES string of the molecule is CC(C(=O)CC(=O)O)c1ccccc1. The third-order valence-corrected chi connectivity index (χ3v) is 2.11. The van der Waals surface area contributed by atoms with Gasteiger partial charge in [0.25, 0.3) is 0 Å². The standard InChI is InChI=1S/C11H12O3/c1-8(10(12)7-11(13)14)9-5-3-2-4-6-9/h2-6,8H,7H2,1H3,(H,13,14). The Balaban J connectivity index is 2.71. The molecule has 1 aromatic carbocycles. The first-order chi connectivity index (χ1) is 6.61. The van der Waals surface area contributed by atoms with E-state index in [1.165, 1.54) is 0 Å². The summed E-state index contributed by atoms with van der Waals surface area (Å²) in [5, 5.41) is 8.46. The zero-order valence-corrected chi connectivity index (χ0v) is 7.93. The van der Waals surface area contributed by atoms with Gasteiger partial charge < -0.3 is 5.11 Å². The molecule has 1 N–H and O–H groups in total. The van der Waals surface area contributed by atoms with Crippen molar-refractivity contribution in [2.45, 2.75) is 19.3 Å². The number of aliphatic carboxylic acids is 1. The van der Waals surface area contributed by atoms with Crippen molar-refractivity contribution >= 4 is 11.8 Å². The van der Waals surface area contributed by atoms with Gasteiger partial charge in [-0.3, -0.25) is 9.59 Å². The van der Waals surface area contributed by atoms with Crippen molar-refractivity contribution in [2.24, 2.45) is 0 Å². The molecule has 1 unspecified atom stereocenters. The number of ketones is 1. The van der Waals surface area contributed by atoms with Crippen LogP contribution in [-0.2, 0) is 9.59 Å². The number of benzene rings is 1. The van der Waals surface area contributed by atoms with Crippen LogP contribution in [0.2, 0.25) is 0 Å². The van der Waals surface area contributed by atoms with E-state index in [-0.39, 0.29) is 11.7 Å². The highest BCUT2D eigenvalue weighted by Crippen LogP contribution is 2.16. The molecule has 0 bridgehead atoms. The lowest BCUT2D eigenvalue weighted by atomic mass is 9.95. The van der Waals surface area contributed by atoms with Crippen molar-refractivity contribution in [2.75, 3.05) is 0 Å². The quantitative estimate of drug-likeness (QED) is 0.740. The summed E-state index contributed by atoms with van der Waals surface area (Å²) in [5.74, 6) is -1.67. The molecule has 3 heteroatoms. The smallest absolute Gasteiger partial charge is 0.310 e. The second-order valence-corrected chi connectivity index (χ2v) is 3.17. The maximum Gasteiger partial charge on any atom is 0.310 e. The predicted octanol–water partition coefficient (Wildman–Crippen LogP) is 1.83. The van der Waals surface area contributed by atoms with E-state index in [1.54, 1.807) is 6.92 Å². The van der Waals surface area contributed by atoms with Gasteiger partial charge in [0.2, 0.25) is 0 Å². The van der Waals surface area contributed by atoms with Gasteiger partial charge in [0.05, 0.1) is 0 Å². The lowest BCUT2D eigenvalue weighted by Crippen LogP contribution is -2.13. The van der Waals surface area contributed by atoms with Crippen molar-refractivity contribution in [3.63, 3.8) is 0 Å². The first-order valence-electron chi connectivity index (χ1n) is 4.40. The molecule has 1 atom stereocenters. The first-order valence-corrected chi connectivity index (χ1v) is 4.40. The molecule has 14 heavy (non-hydrogen) atoms. The fourth-order valence-corrected chi connectivity index (χ4v) is 1.23. The van der Waals surface area contributed by atoms with Crippen LogP contribution in [0.5, 0.6) is 0 Å². The Morgan fingerprint density at radius 2 is 1.86 bits per heavy atom. The number of carboxylic acids is 1. The molecule has 74 valence electrons. The van der Waals surface area contributed by atoms with Gasteiger partial charge in [-0.05, 0) is 5.56 Å². The number of carboxylic acid groups (broad SMARTS) is 1. The Hall–Kier alpha value is -1.64. The monoisotopic (exact) mass is 192 g/mol. The number of carbonyl (C=O) groups is 2. The molecule has 0 aliphatic heterocycles. The molecule has 0 heterocycles. The highest BCUT2D eigenvalue weighted by atomic mass is 16.4. The van der Waals surface area contributed by atoms with Crippen LogP contribution in [0.15, 0.2) is 30.3 Å². The molecule has 0 saturated carbocycles. The molecule has 3 nitrogen and oxygen atoms in total. The minimum atomic E-state index is -1.07. The van der Waals surface area contributed by atoms with Crippen LogP contribution in [0.4, 0.5) is 0 Å². The molecule has 0 spiro atoms. The van der Waals surface area contributed by atoms with E-state index in [0.717, 1.165) is 5.56 Å². The van der Waals surface area contributed by atoms with Gasteiger partial charge in [-0.2, -0.15) is 0 Å². The van der Waals surface area contributed by atoms with Gasteiger partial charge in [0.1, 0.15) is 6.42 Å². The summed E-state index contributed by atoms with van der Waals surface area (Å²) in [6.45, 7) is 1.72. The summed E-state index contributed by atoms with van der Waals surface area (Å²) in [5.41, 5.74) is 0.860. The molecule has 0 saturated heterocycles. The molecule has 0 aromatic heterocycles. The number of hydrogen-bond acceptors (Lipinski definition) is 2. The van der Waals surface area contributed by atoms with Gasteiger partial charge in [0, 0.05) is 5.92 Å². The van der Waals surface area contributed by atoms with E-state index in [2.05, 4.69) is 0 Å². The van der Waals surface area contributed by atoms with Crippen molar-refractivity contribution in [3.8, 4) is 0 Å². The highest BCUT2D eigenvalue weighted by Gasteiger charge is 2.17. The van der Waals surface area contributed by atoms with Gasteiger partial charge in [-0.25, -0.2) is 0 Å². The van der Waals surface area contributed by atoms with Crippen molar-refractivity contribution in [1.82, 2.24) is 0 Å². The average molecular weight is 192 g/mol. The molecule has 0 amide bonds. The highest BCUT2D eigenvalue weighted by molar-refractivity contribution is 5.98. The Labute approximate surface area is 82.4 Å². The zero-order valence-electron chi connectivity index (χ0n) is 7.93. The fourth-order valence-electron chi connectivity index (χ4n) is 1.23. The minimum absolute atomic E-state index is 0.260. The van der Waals surface area contributed by atoms with Gasteiger partial charge in [-0.1, -0.05) is 37.3 Å². The van der Waals surface area contributed by atoms with Gasteiger partial charge in [-0.15, -0.1) is 0 Å². The summed E-state index contributed by atoms with van der Waals surface area (Å²) in [4.78, 5) is 21.7. The van der Waals surface area contributed by atoms with Gasteiger partial charge >= 0.3 is 5.97 Å². The molecule has 0 radical (unpaired) electrons. The molecule has 0 aliphatic carbocycles. The van der Waals surface area contributed by atoms with Crippen LogP contribution in [0.25, 0.3) is 0 Å². The van der Waals surface area contributed by atoms with Crippen LogP contribution < -0.4 is 0 Å². The Kier molecular flexibility index (Phi) is 3.40. The number of hydrogen-bond donors (Lipinski definition) is 1. The first kappa shape index (κ1) is 10.4. The molecular weight excluding hydrogens is 180 g/mol. The van der Waals surface area contributed by atoms with Crippen LogP contribution in [-0.4, -0.2) is 16.9 Å². The van der Waals surface area contributed by atoms with E-state index in [0.29, 0.717) is 0 Å². The Morgan fingerprint density at radius 3 is 2.36 bits per heavy atom. The van der Waals surface area contributed by atoms with E-state index in [4.69, 9.17) is 5.11 Å². The molecule has 0 fully saturated rings. The third-order valence-electron chi connectivity index (χ3n) is 2.11. The van der Waals surface area contributed by atoms with E-state index >= 15 is 0 Å². The summed E-state index contributed by atoms with van der Waals surface area (Å²) in [6.07, 6.45) is -0.407. The maximum atomic E-state index is 11.4. The van der Waals surface area contributed by atoms with Crippen LogP contribution in [0, 0.1) is 0 Å². The Morgan fingerprint density at radius 1 is 1.29 bits per heavy atom. The van der Waals surface area contributed by atoms with E-state index in [9.17, 15) is 9.59 Å². The fraction of sp³-hybridized carbons (Fsp3) is 0.273. The van der Waals surface area contributed by atoms with E-state index < -0.39 is 12.4 Å². The topological polar surface area (TPSA) is 54.4 Å². The Bertz CT molecular complexity index is 330. The van der Waals surface area contributed by atoms with Gasteiger partial charge in [0.15, 0.2) is 5.78 Å². The second kappa shape index (κ2) is 4.56. The largest absolute Gasteiger partial charge is 0.481 e. The maximum absolute atomic E-state index is 11.4. The summed E-state index contributed by atoms with van der Waals surface area (Å²) in [6, 6.07) is 9.17. The van der Waals surface area contributed by atoms with Crippen LogP contribution in [0.3, 0.4) is 0 Å². The van der Waals surface area contributed by atoms with Crippen LogP contribution in [0.1, 0.15) is 24.8 Å². The lowest BCUT2D eigenvalue weighted by Gasteiger charge is -2.08. The molecule has 1 aromatic rings. The predicted molar refractivity (Wildman–Crippen MR) is 52.1 cm³/mol. The van der Waals surface area contributed by atoms with Crippen molar-refractivity contribution in [1.29, 1.82) is 0 Å². The van der Waals surface area contributed by atoms with Crippen LogP contribution >= 0.6 is 0 Å². The summed E-state index contributed by atoms with van der Waals surface area (Å²) in [7, 11) is 0. The lowest BCUT2D eigenvalue weighted by molar-refractivity contribution is -0.140. The van der Waals surface area contributed by atoms with E-state index in [1.807, 2.05) is 30.3 Å². The average Bonchev–Trinajstić information content (AvgIpc) is 2.17. The molecule has 0 aliphatic rings. The molecular formula is C11H12O3. The van der Waals surface area contributed by atoms with Crippen molar-refractivity contribution in [3.05, 3.63) is 35.9 Å². The number of Topliss-reactive ketones (excluding diaryl/α,β-unsaturated/α-hetero) is 1.